The number of sulfone groups is 1. The lowest BCUT2D eigenvalue weighted by molar-refractivity contribution is 0.00701. The van der Waals surface area contributed by atoms with Crippen LogP contribution in [0.3, 0.4) is 0 Å². The molecule has 0 aromatic heterocycles. The molecule has 148 valence electrons. The third kappa shape index (κ3) is 7.55. The number of aliphatic imine (C=N–C) groups is 1. The first-order chi connectivity index (χ1) is 10.7. The van der Waals surface area contributed by atoms with Gasteiger partial charge in [0.25, 0.3) is 0 Å². The molecular weight excluding hydrogens is 459 g/mol. The van der Waals surface area contributed by atoms with Crippen LogP contribution in [0.1, 0.15) is 34.6 Å². The highest BCUT2D eigenvalue weighted by Crippen LogP contribution is 2.16. The largest absolute Gasteiger partial charge is 0.444 e. The molecule has 0 aromatic rings. The molecule has 0 spiro atoms. The van der Waals surface area contributed by atoms with Gasteiger partial charge in [-0.2, -0.15) is 0 Å². The molecule has 0 bridgehead atoms. The van der Waals surface area contributed by atoms with E-state index in [0.29, 0.717) is 19.0 Å². The van der Waals surface area contributed by atoms with Gasteiger partial charge < -0.3 is 20.3 Å². The van der Waals surface area contributed by atoms with Gasteiger partial charge in [0.2, 0.25) is 0 Å². The van der Waals surface area contributed by atoms with Crippen LogP contribution in [-0.4, -0.2) is 74.7 Å². The van der Waals surface area contributed by atoms with Gasteiger partial charge >= 0.3 is 6.09 Å². The van der Waals surface area contributed by atoms with Gasteiger partial charge in [0.05, 0.1) is 10.8 Å². The molecule has 0 saturated carbocycles. The standard InChI is InChI=1S/C15H30N4O4S.HI/c1-14(2,3)23-13(20)19-8-11(9-19)18-12(16-6)17-10-15(4,5)24(7,21)22;/h11H,8-10H2,1-7H3,(H2,16,17,18);1H. The Morgan fingerprint density at radius 1 is 1.24 bits per heavy atom. The summed E-state index contributed by atoms with van der Waals surface area (Å²) in [5.74, 6) is 0.514. The normalized spacial score (nSPS) is 16.6. The van der Waals surface area contributed by atoms with Crippen LogP contribution in [0.15, 0.2) is 4.99 Å². The minimum atomic E-state index is -3.18. The number of likely N-dealkylation sites (tertiary alicyclic amines) is 1. The number of nitrogens with one attached hydrogen (secondary N) is 2. The number of nitrogens with zero attached hydrogens (tertiary/aromatic N) is 2. The van der Waals surface area contributed by atoms with Crippen LogP contribution in [0.25, 0.3) is 0 Å². The van der Waals surface area contributed by atoms with E-state index in [-0.39, 0.29) is 42.7 Å². The van der Waals surface area contributed by atoms with E-state index in [4.69, 9.17) is 4.74 Å². The van der Waals surface area contributed by atoms with E-state index in [0.717, 1.165) is 0 Å². The van der Waals surface area contributed by atoms with Crippen LogP contribution in [0.4, 0.5) is 4.79 Å². The average Bonchev–Trinajstić information content (AvgIpc) is 2.32. The third-order valence-electron chi connectivity index (χ3n) is 3.78. The maximum absolute atomic E-state index is 11.9. The quantitative estimate of drug-likeness (QED) is 0.349. The fourth-order valence-electron chi connectivity index (χ4n) is 1.86. The van der Waals surface area contributed by atoms with Gasteiger partial charge in [-0.05, 0) is 34.6 Å². The van der Waals surface area contributed by atoms with Gasteiger partial charge in [0.15, 0.2) is 15.8 Å². The number of guanidine groups is 1. The molecule has 0 radical (unpaired) electrons. The third-order valence-corrected chi connectivity index (χ3v) is 5.93. The van der Waals surface area contributed by atoms with E-state index in [9.17, 15) is 13.2 Å². The summed E-state index contributed by atoms with van der Waals surface area (Å²) < 4.78 is 27.8. The number of carbonyl (C=O) groups is 1. The van der Waals surface area contributed by atoms with E-state index < -0.39 is 20.2 Å². The predicted octanol–water partition coefficient (Wildman–Crippen LogP) is 1.21. The summed E-state index contributed by atoms with van der Waals surface area (Å²) in [6.45, 7) is 10.1. The van der Waals surface area contributed by atoms with Crippen LogP contribution >= 0.6 is 24.0 Å². The van der Waals surface area contributed by atoms with Crippen LogP contribution in [0.2, 0.25) is 0 Å². The summed E-state index contributed by atoms with van der Waals surface area (Å²) in [7, 11) is -1.56. The fourth-order valence-corrected chi connectivity index (χ4v) is 2.20. The van der Waals surface area contributed by atoms with E-state index in [1.165, 1.54) is 6.26 Å². The molecule has 0 unspecified atom stereocenters. The molecule has 1 rings (SSSR count). The van der Waals surface area contributed by atoms with Crippen LogP contribution < -0.4 is 10.6 Å². The Morgan fingerprint density at radius 2 is 1.76 bits per heavy atom. The van der Waals surface area contributed by atoms with Crippen LogP contribution in [0.5, 0.6) is 0 Å². The smallest absolute Gasteiger partial charge is 0.410 e. The summed E-state index contributed by atoms with van der Waals surface area (Å²) in [5, 5.41) is 6.19. The number of amides is 1. The lowest BCUT2D eigenvalue weighted by atomic mass is 10.1. The Bertz CT molecular complexity index is 593. The minimum absolute atomic E-state index is 0. The number of ether oxygens (including phenoxy) is 1. The van der Waals surface area contributed by atoms with Crippen molar-refractivity contribution in [2.45, 2.75) is 51.0 Å². The molecule has 1 aliphatic heterocycles. The SMILES string of the molecule is CN=C(NCC(C)(C)S(C)(=O)=O)NC1CN(C(=O)OC(C)(C)C)C1.I. The first kappa shape index (κ1) is 24.2. The van der Waals surface area contributed by atoms with Crippen molar-refractivity contribution in [2.75, 3.05) is 32.9 Å². The first-order valence-corrected chi connectivity index (χ1v) is 9.79. The zero-order valence-corrected chi connectivity index (χ0v) is 19.2. The van der Waals surface area contributed by atoms with E-state index >= 15 is 0 Å². The second-order valence-electron chi connectivity index (χ2n) is 7.68. The van der Waals surface area contributed by atoms with Crippen molar-refractivity contribution in [1.29, 1.82) is 0 Å². The van der Waals surface area contributed by atoms with Crippen LogP contribution in [0, 0.1) is 0 Å². The molecule has 1 aliphatic rings. The van der Waals surface area contributed by atoms with Crippen molar-refractivity contribution in [3.63, 3.8) is 0 Å². The number of hydrogen-bond donors (Lipinski definition) is 2. The molecule has 0 aromatic carbocycles. The van der Waals surface area contributed by atoms with Gasteiger partial charge in [-0.25, -0.2) is 13.2 Å². The maximum atomic E-state index is 11.9. The zero-order valence-electron chi connectivity index (χ0n) is 16.0. The lowest BCUT2D eigenvalue weighted by Crippen LogP contribution is -2.63. The summed E-state index contributed by atoms with van der Waals surface area (Å²) in [4.78, 5) is 17.6. The second kappa shape index (κ2) is 8.74. The second-order valence-corrected chi connectivity index (χ2v) is 10.3. The topological polar surface area (TPSA) is 100 Å². The highest BCUT2D eigenvalue weighted by atomic mass is 127. The van der Waals surface area contributed by atoms with Crippen molar-refractivity contribution in [1.82, 2.24) is 15.5 Å². The molecule has 1 saturated heterocycles. The summed E-state index contributed by atoms with van der Waals surface area (Å²) in [6, 6.07) is 0.0602. The van der Waals surface area contributed by atoms with Crippen molar-refractivity contribution in [3.05, 3.63) is 0 Å². The molecule has 0 aliphatic carbocycles. The van der Waals surface area contributed by atoms with Crippen molar-refractivity contribution >= 4 is 45.9 Å². The maximum Gasteiger partial charge on any atom is 0.410 e. The van der Waals surface area contributed by atoms with Gasteiger partial charge in [0, 0.05) is 32.9 Å². The molecular formula is C15H31IN4O4S. The predicted molar refractivity (Wildman–Crippen MR) is 110 cm³/mol. The molecule has 10 heteroatoms. The van der Waals surface area contributed by atoms with E-state index in [1.807, 2.05) is 20.8 Å². The molecule has 0 atom stereocenters. The van der Waals surface area contributed by atoms with Gasteiger partial charge in [-0.15, -0.1) is 24.0 Å². The Labute approximate surface area is 168 Å². The monoisotopic (exact) mass is 490 g/mol. The van der Waals surface area contributed by atoms with Gasteiger partial charge in [-0.3, -0.25) is 4.99 Å². The molecule has 8 nitrogen and oxygen atoms in total. The molecule has 2 N–H and O–H groups in total. The van der Waals surface area contributed by atoms with Gasteiger partial charge in [-0.1, -0.05) is 0 Å². The van der Waals surface area contributed by atoms with Crippen molar-refractivity contribution in [3.8, 4) is 0 Å². The summed E-state index contributed by atoms with van der Waals surface area (Å²) in [5.41, 5.74) is -0.510. The number of halogens is 1. The highest BCUT2D eigenvalue weighted by molar-refractivity contribution is 14.0. The Balaban J connectivity index is 0.00000576. The van der Waals surface area contributed by atoms with E-state index in [1.54, 1.807) is 25.8 Å². The number of hydrogen-bond acceptors (Lipinski definition) is 5. The minimum Gasteiger partial charge on any atom is -0.444 e. The Kier molecular flexibility index (Phi) is 8.47. The van der Waals surface area contributed by atoms with Crippen LogP contribution in [-0.2, 0) is 14.6 Å². The highest BCUT2D eigenvalue weighted by Gasteiger charge is 2.35. The number of rotatable bonds is 4. The van der Waals surface area contributed by atoms with Crippen molar-refractivity contribution < 1.29 is 17.9 Å². The molecule has 1 fully saturated rings. The Morgan fingerprint density at radius 3 is 2.16 bits per heavy atom. The van der Waals surface area contributed by atoms with E-state index in [2.05, 4.69) is 15.6 Å². The number of carbonyl (C=O) groups excluding carboxylic acids is 1. The zero-order chi connectivity index (χ0) is 18.8. The Hall–Kier alpha value is -0.780. The van der Waals surface area contributed by atoms with Crippen molar-refractivity contribution in [2.24, 2.45) is 4.99 Å². The fraction of sp³-hybridized carbons (Fsp3) is 0.867. The first-order valence-electron chi connectivity index (χ1n) is 7.90. The summed E-state index contributed by atoms with van der Waals surface area (Å²) >= 11 is 0. The molecule has 25 heavy (non-hydrogen) atoms. The molecule has 1 amide bonds. The van der Waals surface area contributed by atoms with Gasteiger partial charge in [0.1, 0.15) is 5.60 Å². The lowest BCUT2D eigenvalue weighted by Gasteiger charge is -2.40. The average molecular weight is 490 g/mol. The summed E-state index contributed by atoms with van der Waals surface area (Å²) in [6.07, 6.45) is 0.886. The molecule has 1 heterocycles.